The number of benzene rings is 2. The molecule has 4 nitrogen and oxygen atoms in total. The normalized spacial score (nSPS) is 10.8. The van der Waals surface area contributed by atoms with Gasteiger partial charge in [-0.25, -0.2) is 4.79 Å². The highest BCUT2D eigenvalue weighted by molar-refractivity contribution is 6.32. The summed E-state index contributed by atoms with van der Waals surface area (Å²) < 4.78 is 5.05. The van der Waals surface area contributed by atoms with Gasteiger partial charge in [-0.1, -0.05) is 48.0 Å². The van der Waals surface area contributed by atoms with Crippen molar-refractivity contribution in [2.75, 3.05) is 6.61 Å². The first-order valence-corrected chi connectivity index (χ1v) is 6.79. The van der Waals surface area contributed by atoms with Gasteiger partial charge in [0.15, 0.2) is 6.61 Å². The predicted octanol–water partition coefficient (Wildman–Crippen LogP) is 3.87. The van der Waals surface area contributed by atoms with Crippen molar-refractivity contribution in [3.8, 4) is 11.8 Å². The van der Waals surface area contributed by atoms with Gasteiger partial charge in [-0.05, 0) is 29.3 Å². The van der Waals surface area contributed by atoms with Crippen molar-refractivity contribution in [1.82, 2.24) is 0 Å². The number of nitrogens with zero attached hydrogens (tertiary/aromatic N) is 1. The summed E-state index contributed by atoms with van der Waals surface area (Å²) in [5.41, 5.74) is 2.05. The van der Waals surface area contributed by atoms with Crippen molar-refractivity contribution in [2.45, 2.75) is 0 Å². The van der Waals surface area contributed by atoms with Crippen LogP contribution in [0.15, 0.2) is 48.5 Å². The zero-order valence-electron chi connectivity index (χ0n) is 11.5. The highest BCUT2D eigenvalue weighted by Gasteiger charge is 2.06. The lowest BCUT2D eigenvalue weighted by molar-refractivity contribution is -0.139. The first-order chi connectivity index (χ1) is 10.6. The molecule has 0 unspecified atom stereocenters. The Bertz CT molecular complexity index is 748. The van der Waals surface area contributed by atoms with E-state index < -0.39 is 12.6 Å². The maximum atomic E-state index is 10.5. The molecule has 0 heterocycles. The summed E-state index contributed by atoms with van der Waals surface area (Å²) in [4.78, 5) is 10.5. The van der Waals surface area contributed by atoms with Gasteiger partial charge >= 0.3 is 5.97 Å². The van der Waals surface area contributed by atoms with Crippen LogP contribution in [0.3, 0.4) is 0 Å². The lowest BCUT2D eigenvalue weighted by atomic mass is 10.0. The quantitative estimate of drug-likeness (QED) is 0.672. The highest BCUT2D eigenvalue weighted by Crippen LogP contribution is 2.27. The van der Waals surface area contributed by atoms with Crippen LogP contribution in [0.4, 0.5) is 0 Å². The Hall–Kier alpha value is -2.77. The molecular formula is C17H12ClNO3. The fourth-order valence-electron chi connectivity index (χ4n) is 1.83. The minimum absolute atomic E-state index is 0.291. The van der Waals surface area contributed by atoms with Gasteiger partial charge in [0, 0.05) is 0 Å². The van der Waals surface area contributed by atoms with Crippen LogP contribution in [0, 0.1) is 11.3 Å². The molecule has 0 radical (unpaired) electrons. The van der Waals surface area contributed by atoms with Gasteiger partial charge in [-0.3, -0.25) is 0 Å². The number of carbonyl (C=O) groups is 1. The van der Waals surface area contributed by atoms with Crippen molar-refractivity contribution >= 4 is 29.2 Å². The van der Waals surface area contributed by atoms with Crippen LogP contribution in [0.1, 0.15) is 11.1 Å². The van der Waals surface area contributed by atoms with E-state index in [-0.39, 0.29) is 0 Å². The van der Waals surface area contributed by atoms with Crippen molar-refractivity contribution in [2.24, 2.45) is 0 Å². The number of hydrogen-bond donors (Lipinski definition) is 1. The summed E-state index contributed by atoms with van der Waals surface area (Å²) in [5.74, 6) is -0.782. The molecule has 22 heavy (non-hydrogen) atoms. The van der Waals surface area contributed by atoms with Gasteiger partial charge in [-0.15, -0.1) is 0 Å². The molecule has 2 aromatic carbocycles. The van der Waals surface area contributed by atoms with Crippen molar-refractivity contribution in [3.05, 3.63) is 64.7 Å². The molecule has 0 aliphatic carbocycles. The van der Waals surface area contributed by atoms with Gasteiger partial charge in [0.05, 0.1) is 16.7 Å². The standard InChI is InChI=1S/C17H12ClNO3/c18-15-9-12(6-7-16(15)22-11-17(20)21)8-14(10-19)13-4-2-1-3-5-13/h1-9H,11H2,(H,20,21)/b14-8+. The predicted molar refractivity (Wildman–Crippen MR) is 84.5 cm³/mol. The van der Waals surface area contributed by atoms with Crippen LogP contribution < -0.4 is 4.74 Å². The minimum Gasteiger partial charge on any atom is -0.480 e. The number of hydrogen-bond acceptors (Lipinski definition) is 3. The van der Waals surface area contributed by atoms with Gasteiger partial charge < -0.3 is 9.84 Å². The first-order valence-electron chi connectivity index (χ1n) is 6.41. The number of carboxylic acids is 1. The highest BCUT2D eigenvalue weighted by atomic mass is 35.5. The lowest BCUT2D eigenvalue weighted by Crippen LogP contribution is -2.09. The molecule has 0 spiro atoms. The number of halogens is 1. The lowest BCUT2D eigenvalue weighted by Gasteiger charge is -2.06. The Morgan fingerprint density at radius 3 is 2.59 bits per heavy atom. The maximum absolute atomic E-state index is 10.5. The van der Waals surface area contributed by atoms with Crippen molar-refractivity contribution in [3.63, 3.8) is 0 Å². The molecule has 2 aromatic rings. The molecule has 0 fully saturated rings. The molecular weight excluding hydrogens is 302 g/mol. The smallest absolute Gasteiger partial charge is 0.341 e. The fraction of sp³-hybridized carbons (Fsp3) is 0.0588. The van der Waals surface area contributed by atoms with Crippen LogP contribution in [-0.4, -0.2) is 17.7 Å². The maximum Gasteiger partial charge on any atom is 0.341 e. The molecule has 0 atom stereocenters. The average molecular weight is 314 g/mol. The van der Waals surface area contributed by atoms with Gasteiger partial charge in [0.1, 0.15) is 5.75 Å². The molecule has 0 bridgehead atoms. The topological polar surface area (TPSA) is 70.3 Å². The van der Waals surface area contributed by atoms with Crippen molar-refractivity contribution in [1.29, 1.82) is 5.26 Å². The van der Waals surface area contributed by atoms with Gasteiger partial charge in [0.25, 0.3) is 0 Å². The Balaban J connectivity index is 2.26. The molecule has 1 N–H and O–H groups in total. The number of ether oxygens (including phenoxy) is 1. The van der Waals surface area contributed by atoms with E-state index in [1.165, 1.54) is 0 Å². The number of allylic oxidation sites excluding steroid dienone is 1. The van der Waals surface area contributed by atoms with E-state index in [0.717, 1.165) is 11.1 Å². The van der Waals surface area contributed by atoms with E-state index in [1.807, 2.05) is 30.3 Å². The molecule has 0 aliphatic rings. The third-order valence-electron chi connectivity index (χ3n) is 2.82. The zero-order valence-corrected chi connectivity index (χ0v) is 12.2. The molecule has 2 rings (SSSR count). The summed E-state index contributed by atoms with van der Waals surface area (Å²) in [6.45, 7) is -0.456. The second kappa shape index (κ2) is 7.30. The monoisotopic (exact) mass is 313 g/mol. The van der Waals surface area contributed by atoms with E-state index in [0.29, 0.717) is 16.3 Å². The van der Waals surface area contributed by atoms with E-state index in [1.54, 1.807) is 24.3 Å². The molecule has 0 aliphatic heterocycles. The van der Waals surface area contributed by atoms with Crippen LogP contribution >= 0.6 is 11.6 Å². The molecule has 0 saturated carbocycles. The molecule has 0 amide bonds. The molecule has 0 aromatic heterocycles. The van der Waals surface area contributed by atoms with Crippen LogP contribution in [0.2, 0.25) is 5.02 Å². The van der Waals surface area contributed by atoms with Crippen molar-refractivity contribution < 1.29 is 14.6 Å². The number of aliphatic carboxylic acids is 1. The largest absolute Gasteiger partial charge is 0.480 e. The van der Waals surface area contributed by atoms with E-state index in [4.69, 9.17) is 21.4 Å². The van der Waals surface area contributed by atoms with Crippen LogP contribution in [-0.2, 0) is 4.79 Å². The number of rotatable bonds is 5. The van der Waals surface area contributed by atoms with Crippen LogP contribution in [0.5, 0.6) is 5.75 Å². The molecule has 110 valence electrons. The first kappa shape index (κ1) is 15.6. The van der Waals surface area contributed by atoms with E-state index in [9.17, 15) is 10.1 Å². The number of nitriles is 1. The van der Waals surface area contributed by atoms with Gasteiger partial charge in [-0.2, -0.15) is 5.26 Å². The third-order valence-corrected chi connectivity index (χ3v) is 3.12. The van der Waals surface area contributed by atoms with E-state index >= 15 is 0 Å². The second-order valence-corrected chi connectivity index (χ2v) is 4.82. The summed E-state index contributed by atoms with van der Waals surface area (Å²) >= 11 is 6.06. The van der Waals surface area contributed by atoms with E-state index in [2.05, 4.69) is 6.07 Å². The zero-order chi connectivity index (χ0) is 15.9. The SMILES string of the molecule is N#C/C(=C\c1ccc(OCC(=O)O)c(Cl)c1)c1ccccc1. The fourth-order valence-corrected chi connectivity index (χ4v) is 2.07. The minimum atomic E-state index is -1.07. The Morgan fingerprint density at radius 1 is 1.27 bits per heavy atom. The second-order valence-electron chi connectivity index (χ2n) is 4.41. The Morgan fingerprint density at radius 2 is 2.00 bits per heavy atom. The Kier molecular flexibility index (Phi) is 5.18. The summed E-state index contributed by atoms with van der Waals surface area (Å²) in [5, 5.41) is 18.1. The molecule has 5 heteroatoms. The number of carboxylic acid groups (broad SMARTS) is 1. The third kappa shape index (κ3) is 4.11. The summed E-state index contributed by atoms with van der Waals surface area (Å²) in [6.07, 6.45) is 1.71. The average Bonchev–Trinajstić information content (AvgIpc) is 2.52. The summed E-state index contributed by atoms with van der Waals surface area (Å²) in [7, 11) is 0. The van der Waals surface area contributed by atoms with Crippen LogP contribution in [0.25, 0.3) is 11.6 Å². The Labute approximate surface area is 132 Å². The summed E-state index contributed by atoms with van der Waals surface area (Å²) in [6, 6.07) is 16.4. The molecule has 0 saturated heterocycles. The van der Waals surface area contributed by atoms with Gasteiger partial charge in [0.2, 0.25) is 0 Å².